The van der Waals surface area contributed by atoms with Gasteiger partial charge < -0.3 is 0 Å². The third-order valence-electron chi connectivity index (χ3n) is 3.84. The summed E-state index contributed by atoms with van der Waals surface area (Å²) in [5.41, 5.74) is 0.981. The number of benzene rings is 2. The van der Waals surface area contributed by atoms with Gasteiger partial charge in [-0.2, -0.15) is 9.97 Å². The second kappa shape index (κ2) is 7.86. The van der Waals surface area contributed by atoms with Crippen LogP contribution >= 0.6 is 23.2 Å². The minimum Gasteiger partial charge on any atom is -0.276 e. The number of aromatic nitrogens is 3. The molecule has 3 aromatic rings. The molecule has 0 radical (unpaired) electrons. The summed E-state index contributed by atoms with van der Waals surface area (Å²) >= 11 is 12.6. The second-order valence-corrected chi connectivity index (χ2v) is 6.40. The van der Waals surface area contributed by atoms with Crippen LogP contribution in [0.1, 0.15) is 12.5 Å². The lowest BCUT2D eigenvalue weighted by Crippen LogP contribution is -2.36. The van der Waals surface area contributed by atoms with Gasteiger partial charge in [-0.05, 0) is 24.6 Å². The van der Waals surface area contributed by atoms with Gasteiger partial charge in [-0.1, -0.05) is 59.6 Å². The smallest absolute Gasteiger partial charge is 0.276 e. The Hall–Kier alpha value is -2.41. The highest BCUT2D eigenvalue weighted by molar-refractivity contribution is 6.39. The fourth-order valence-electron chi connectivity index (χ4n) is 2.58. The zero-order valence-electron chi connectivity index (χ0n) is 14.1. The topological polar surface area (TPSA) is 77.0 Å². The van der Waals surface area contributed by atoms with Crippen molar-refractivity contribution in [3.05, 3.63) is 74.6 Å². The van der Waals surface area contributed by atoms with Crippen molar-refractivity contribution in [1.29, 1.82) is 0 Å². The summed E-state index contributed by atoms with van der Waals surface area (Å²) in [6.45, 7) is 2.55. The predicted octanol–water partition coefficient (Wildman–Crippen LogP) is 3.51. The van der Waals surface area contributed by atoms with Gasteiger partial charge in [0, 0.05) is 6.54 Å². The number of rotatable bonds is 5. The van der Waals surface area contributed by atoms with Gasteiger partial charge in [-0.25, -0.2) is 10.6 Å². The maximum atomic E-state index is 12.5. The zero-order chi connectivity index (χ0) is 18.7. The molecule has 134 valence electrons. The van der Waals surface area contributed by atoms with E-state index in [0.29, 0.717) is 34.5 Å². The highest BCUT2D eigenvalue weighted by Crippen LogP contribution is 2.33. The van der Waals surface area contributed by atoms with Crippen molar-refractivity contribution in [2.24, 2.45) is 5.84 Å². The van der Waals surface area contributed by atoms with E-state index in [1.54, 1.807) is 18.2 Å². The lowest BCUT2D eigenvalue weighted by Gasteiger charge is -2.19. The first-order valence-electron chi connectivity index (χ1n) is 8.00. The third kappa shape index (κ3) is 3.72. The van der Waals surface area contributed by atoms with Crippen molar-refractivity contribution < 1.29 is 0 Å². The van der Waals surface area contributed by atoms with Crippen molar-refractivity contribution in [3.63, 3.8) is 0 Å². The van der Waals surface area contributed by atoms with Crippen LogP contribution in [-0.2, 0) is 13.1 Å². The molecule has 0 atom stereocenters. The number of hydrogen-bond donors (Lipinski definition) is 1. The highest BCUT2D eigenvalue weighted by atomic mass is 35.5. The van der Waals surface area contributed by atoms with Crippen LogP contribution in [-0.4, -0.2) is 14.5 Å². The van der Waals surface area contributed by atoms with E-state index in [-0.39, 0.29) is 5.95 Å². The molecular weight excluding hydrogens is 373 g/mol. The van der Waals surface area contributed by atoms with Gasteiger partial charge in [0.15, 0.2) is 5.82 Å². The van der Waals surface area contributed by atoms with E-state index in [4.69, 9.17) is 29.0 Å². The third-order valence-corrected chi connectivity index (χ3v) is 4.47. The maximum Gasteiger partial charge on any atom is 0.352 e. The first-order chi connectivity index (χ1) is 12.5. The Morgan fingerprint density at radius 1 is 1.04 bits per heavy atom. The van der Waals surface area contributed by atoms with Gasteiger partial charge in [0.25, 0.3) is 0 Å². The molecule has 3 rings (SSSR count). The number of hydrazine groups is 1. The van der Waals surface area contributed by atoms with Crippen molar-refractivity contribution in [2.75, 3.05) is 5.01 Å². The summed E-state index contributed by atoms with van der Waals surface area (Å²) in [6.07, 6.45) is 0. The molecule has 6 nitrogen and oxygen atoms in total. The molecule has 2 aromatic carbocycles. The number of anilines is 1. The molecule has 0 aliphatic heterocycles. The number of halogens is 2. The lowest BCUT2D eigenvalue weighted by molar-refractivity contribution is 0.671. The Labute approximate surface area is 160 Å². The van der Waals surface area contributed by atoms with Crippen LogP contribution in [0.3, 0.4) is 0 Å². The number of nitrogens with two attached hydrogens (primary N) is 1. The lowest BCUT2D eigenvalue weighted by atomic mass is 10.2. The average molecular weight is 390 g/mol. The van der Waals surface area contributed by atoms with E-state index >= 15 is 0 Å². The molecule has 0 amide bonds. The van der Waals surface area contributed by atoms with Crippen molar-refractivity contribution >= 4 is 29.2 Å². The largest absolute Gasteiger partial charge is 0.352 e. The molecule has 0 saturated heterocycles. The van der Waals surface area contributed by atoms with Gasteiger partial charge in [0.05, 0.1) is 22.2 Å². The predicted molar refractivity (Wildman–Crippen MR) is 104 cm³/mol. The van der Waals surface area contributed by atoms with Crippen molar-refractivity contribution in [3.8, 4) is 11.4 Å². The molecule has 0 spiro atoms. The Morgan fingerprint density at radius 3 is 2.31 bits per heavy atom. The number of hydrogen-bond acceptors (Lipinski definition) is 5. The molecule has 0 aliphatic rings. The van der Waals surface area contributed by atoms with Crippen LogP contribution in [0.2, 0.25) is 10.0 Å². The molecule has 0 fully saturated rings. The van der Waals surface area contributed by atoms with E-state index in [2.05, 4.69) is 9.97 Å². The molecule has 0 aliphatic carbocycles. The fourth-order valence-corrected chi connectivity index (χ4v) is 3.15. The Morgan fingerprint density at radius 2 is 1.69 bits per heavy atom. The average Bonchev–Trinajstić information content (AvgIpc) is 2.62. The Bertz CT molecular complexity index is 955. The van der Waals surface area contributed by atoms with Crippen LogP contribution in [0.5, 0.6) is 0 Å². The summed E-state index contributed by atoms with van der Waals surface area (Å²) in [4.78, 5) is 21.0. The van der Waals surface area contributed by atoms with Crippen LogP contribution in [0.25, 0.3) is 11.4 Å². The Balaban J connectivity index is 2.09. The van der Waals surface area contributed by atoms with E-state index in [9.17, 15) is 4.79 Å². The van der Waals surface area contributed by atoms with Crippen LogP contribution < -0.4 is 16.5 Å². The standard InChI is InChI=1S/C18H17Cl2N5O/c1-2-24-16(15-13(19)9-6-10-14(15)20)22-17(23-18(24)26)25(21)11-12-7-4-3-5-8-12/h3-10H,2,11,21H2,1H3. The molecule has 1 heterocycles. The van der Waals surface area contributed by atoms with Crippen LogP contribution in [0.4, 0.5) is 5.95 Å². The molecule has 0 saturated carbocycles. The normalized spacial score (nSPS) is 10.8. The Kier molecular flexibility index (Phi) is 5.56. The molecule has 0 unspecified atom stereocenters. The minimum atomic E-state index is -0.466. The van der Waals surface area contributed by atoms with Gasteiger partial charge in [0.1, 0.15) is 0 Å². The summed E-state index contributed by atoms with van der Waals surface area (Å²) in [5, 5.41) is 2.12. The molecule has 1 aromatic heterocycles. The quantitative estimate of drug-likeness (QED) is 0.533. The summed E-state index contributed by atoms with van der Waals surface area (Å²) < 4.78 is 1.41. The highest BCUT2D eigenvalue weighted by Gasteiger charge is 2.18. The molecule has 2 N–H and O–H groups in total. The molecule has 26 heavy (non-hydrogen) atoms. The van der Waals surface area contributed by atoms with Gasteiger partial charge in [0.2, 0.25) is 5.95 Å². The molecular formula is C18H17Cl2N5O. The van der Waals surface area contributed by atoms with Gasteiger partial charge in [-0.15, -0.1) is 0 Å². The second-order valence-electron chi connectivity index (χ2n) is 5.58. The van der Waals surface area contributed by atoms with E-state index in [1.807, 2.05) is 37.3 Å². The minimum absolute atomic E-state index is 0.106. The fraction of sp³-hybridized carbons (Fsp3) is 0.167. The molecule has 0 bridgehead atoms. The zero-order valence-corrected chi connectivity index (χ0v) is 15.6. The van der Waals surface area contributed by atoms with E-state index in [1.165, 1.54) is 9.58 Å². The summed E-state index contributed by atoms with van der Waals surface area (Å²) in [6, 6.07) is 14.7. The summed E-state index contributed by atoms with van der Waals surface area (Å²) in [7, 11) is 0. The molecule has 8 heteroatoms. The summed E-state index contributed by atoms with van der Waals surface area (Å²) in [5.74, 6) is 6.55. The van der Waals surface area contributed by atoms with Crippen molar-refractivity contribution in [2.45, 2.75) is 20.0 Å². The van der Waals surface area contributed by atoms with Gasteiger partial charge in [-0.3, -0.25) is 9.58 Å². The SMILES string of the molecule is CCn1c(-c2c(Cl)cccc2Cl)nc(N(N)Cc2ccccc2)nc1=O. The van der Waals surface area contributed by atoms with Gasteiger partial charge >= 0.3 is 5.69 Å². The monoisotopic (exact) mass is 389 g/mol. The van der Waals surface area contributed by atoms with E-state index < -0.39 is 5.69 Å². The first kappa shape index (κ1) is 18.4. The number of nitrogens with zero attached hydrogens (tertiary/aromatic N) is 4. The van der Waals surface area contributed by atoms with E-state index in [0.717, 1.165) is 5.56 Å². The maximum absolute atomic E-state index is 12.5. The van der Waals surface area contributed by atoms with Crippen LogP contribution in [0.15, 0.2) is 53.3 Å². The van der Waals surface area contributed by atoms with Crippen LogP contribution in [0, 0.1) is 0 Å². The van der Waals surface area contributed by atoms with Crippen molar-refractivity contribution in [1.82, 2.24) is 14.5 Å². The first-order valence-corrected chi connectivity index (χ1v) is 8.76.